The average Bonchev–Trinajstić information content (AvgIpc) is 2.52. The minimum atomic E-state index is -2.56. The minimum Gasteiger partial charge on any atom is -0.369 e. The van der Waals surface area contributed by atoms with E-state index in [4.69, 9.17) is 0 Å². The molecule has 0 aromatic carbocycles. The third-order valence-electron chi connectivity index (χ3n) is 1.84. The Balaban J connectivity index is 0.00000196. The fraction of sp³-hybridized carbons (Fsp3) is 0.667. The molecule has 1 aromatic heterocycles. The maximum absolute atomic E-state index is 12.1. The third kappa shape index (κ3) is 4.97. The molecule has 0 atom stereocenters. The van der Waals surface area contributed by atoms with E-state index < -0.39 is 6.55 Å². The van der Waals surface area contributed by atoms with E-state index in [0.717, 1.165) is 13.0 Å². The van der Waals surface area contributed by atoms with E-state index in [1.807, 2.05) is 0 Å². The lowest BCUT2D eigenvalue weighted by Gasteiger charge is -2.05. The molecule has 0 aliphatic heterocycles. The Hall–Kier alpha value is -0.840. The van der Waals surface area contributed by atoms with Crippen molar-refractivity contribution in [1.29, 1.82) is 0 Å². The predicted octanol–water partition coefficient (Wildman–Crippen LogP) is 3.16. The lowest BCUT2D eigenvalue weighted by molar-refractivity contribution is 0.0569. The van der Waals surface area contributed by atoms with Gasteiger partial charge < -0.3 is 5.32 Å². The van der Waals surface area contributed by atoms with Gasteiger partial charge in [-0.3, -0.25) is 0 Å². The van der Waals surface area contributed by atoms with Crippen LogP contribution in [0, 0.1) is 5.92 Å². The first kappa shape index (κ1) is 14.2. The van der Waals surface area contributed by atoms with Gasteiger partial charge >= 0.3 is 6.55 Å². The first-order valence-electron chi connectivity index (χ1n) is 4.66. The molecule has 0 aliphatic carbocycles. The summed E-state index contributed by atoms with van der Waals surface area (Å²) in [6.45, 7) is 2.42. The zero-order valence-corrected chi connectivity index (χ0v) is 9.60. The van der Waals surface area contributed by atoms with Crippen molar-refractivity contribution in [2.75, 3.05) is 11.9 Å². The highest BCUT2D eigenvalue weighted by Crippen LogP contribution is 2.11. The Morgan fingerprint density at radius 3 is 2.60 bits per heavy atom. The summed E-state index contributed by atoms with van der Waals surface area (Å²) in [5.41, 5.74) is 0. The number of halogens is 3. The van der Waals surface area contributed by atoms with E-state index in [1.165, 1.54) is 6.20 Å². The Bertz CT molecular complexity index is 276. The van der Waals surface area contributed by atoms with Gasteiger partial charge in [-0.25, -0.2) is 4.68 Å². The zero-order valence-electron chi connectivity index (χ0n) is 8.78. The number of aromatic nitrogens is 2. The summed E-state index contributed by atoms with van der Waals surface area (Å²) in [6, 6.07) is 1.55. The van der Waals surface area contributed by atoms with Crippen LogP contribution in [-0.4, -0.2) is 16.3 Å². The first-order chi connectivity index (χ1) is 6.59. The quantitative estimate of drug-likeness (QED) is 0.856. The molecule has 0 fully saturated rings. The molecule has 15 heavy (non-hydrogen) atoms. The molecule has 6 heteroatoms. The van der Waals surface area contributed by atoms with Gasteiger partial charge in [-0.1, -0.05) is 13.8 Å². The lowest BCUT2D eigenvalue weighted by Crippen LogP contribution is -2.06. The van der Waals surface area contributed by atoms with E-state index in [2.05, 4.69) is 24.3 Å². The molecule has 1 N–H and O–H groups in total. The van der Waals surface area contributed by atoms with E-state index >= 15 is 0 Å². The van der Waals surface area contributed by atoms with Gasteiger partial charge in [-0.15, -0.1) is 12.4 Å². The SMILES string of the molecule is CC(C)CCNc1ccn(C(F)F)n1.Cl. The summed E-state index contributed by atoms with van der Waals surface area (Å²) in [4.78, 5) is 0. The van der Waals surface area contributed by atoms with Crippen molar-refractivity contribution in [3.63, 3.8) is 0 Å². The third-order valence-corrected chi connectivity index (χ3v) is 1.84. The van der Waals surface area contributed by atoms with Gasteiger partial charge in [0.05, 0.1) is 0 Å². The molecule has 0 radical (unpaired) electrons. The maximum atomic E-state index is 12.1. The number of anilines is 1. The number of nitrogens with one attached hydrogen (secondary N) is 1. The summed E-state index contributed by atoms with van der Waals surface area (Å²) in [5.74, 6) is 1.10. The number of hydrogen-bond donors (Lipinski definition) is 1. The fourth-order valence-corrected chi connectivity index (χ4v) is 1.03. The second-order valence-corrected chi connectivity index (χ2v) is 3.57. The molecule has 0 saturated carbocycles. The number of alkyl halides is 2. The van der Waals surface area contributed by atoms with Crippen LogP contribution >= 0.6 is 12.4 Å². The largest absolute Gasteiger partial charge is 0.369 e. The Morgan fingerprint density at radius 1 is 1.47 bits per heavy atom. The van der Waals surface area contributed by atoms with Crippen LogP contribution in [0.1, 0.15) is 26.8 Å². The van der Waals surface area contributed by atoms with Gasteiger partial charge in [0, 0.05) is 18.8 Å². The molecule has 1 heterocycles. The second-order valence-electron chi connectivity index (χ2n) is 3.57. The summed E-state index contributed by atoms with van der Waals surface area (Å²) in [7, 11) is 0. The Labute approximate surface area is 94.3 Å². The summed E-state index contributed by atoms with van der Waals surface area (Å²) in [5, 5.41) is 6.65. The average molecular weight is 240 g/mol. The Kier molecular flexibility index (Phi) is 6.24. The lowest BCUT2D eigenvalue weighted by atomic mass is 10.1. The molecule has 0 spiro atoms. The van der Waals surface area contributed by atoms with Crippen molar-refractivity contribution in [2.24, 2.45) is 5.92 Å². The van der Waals surface area contributed by atoms with Crippen LogP contribution < -0.4 is 5.32 Å². The zero-order chi connectivity index (χ0) is 10.6. The second kappa shape index (κ2) is 6.61. The van der Waals surface area contributed by atoms with Crippen LogP contribution in [0.2, 0.25) is 0 Å². The molecule has 1 rings (SSSR count). The van der Waals surface area contributed by atoms with Crippen molar-refractivity contribution in [3.8, 4) is 0 Å². The van der Waals surface area contributed by atoms with Crippen molar-refractivity contribution in [3.05, 3.63) is 12.3 Å². The number of nitrogens with zero attached hydrogens (tertiary/aromatic N) is 2. The molecule has 0 saturated heterocycles. The summed E-state index contributed by atoms with van der Waals surface area (Å²) >= 11 is 0. The molecular formula is C9H16ClF2N3. The maximum Gasteiger partial charge on any atom is 0.333 e. The molecule has 0 unspecified atom stereocenters. The Morgan fingerprint density at radius 2 is 2.13 bits per heavy atom. The van der Waals surface area contributed by atoms with Gasteiger partial charge in [0.15, 0.2) is 0 Å². The molecule has 0 amide bonds. The summed E-state index contributed by atoms with van der Waals surface area (Å²) in [6.07, 6.45) is 2.27. The van der Waals surface area contributed by atoms with Gasteiger partial charge in [0.1, 0.15) is 5.82 Å². The van der Waals surface area contributed by atoms with E-state index in [0.29, 0.717) is 16.4 Å². The van der Waals surface area contributed by atoms with E-state index in [9.17, 15) is 8.78 Å². The highest BCUT2D eigenvalue weighted by atomic mass is 35.5. The van der Waals surface area contributed by atoms with Crippen LogP contribution in [0.25, 0.3) is 0 Å². The van der Waals surface area contributed by atoms with Crippen molar-refractivity contribution in [1.82, 2.24) is 9.78 Å². The topological polar surface area (TPSA) is 29.9 Å². The normalized spacial score (nSPS) is 10.5. The van der Waals surface area contributed by atoms with Crippen LogP contribution in [0.4, 0.5) is 14.6 Å². The highest BCUT2D eigenvalue weighted by Gasteiger charge is 2.06. The highest BCUT2D eigenvalue weighted by molar-refractivity contribution is 5.85. The standard InChI is InChI=1S/C9H15F2N3.ClH/c1-7(2)3-5-12-8-4-6-14(13-8)9(10)11;/h4,6-7,9H,3,5H2,1-2H3,(H,12,13);1H. The minimum absolute atomic E-state index is 0. The summed E-state index contributed by atoms with van der Waals surface area (Å²) < 4.78 is 24.8. The monoisotopic (exact) mass is 239 g/mol. The molecule has 0 aliphatic rings. The van der Waals surface area contributed by atoms with Crippen molar-refractivity contribution >= 4 is 18.2 Å². The molecule has 88 valence electrons. The first-order valence-corrected chi connectivity index (χ1v) is 4.66. The van der Waals surface area contributed by atoms with Crippen molar-refractivity contribution in [2.45, 2.75) is 26.8 Å². The van der Waals surface area contributed by atoms with Crippen molar-refractivity contribution < 1.29 is 8.78 Å². The molecule has 3 nitrogen and oxygen atoms in total. The molecule has 0 bridgehead atoms. The predicted molar refractivity (Wildman–Crippen MR) is 58.7 cm³/mol. The van der Waals surface area contributed by atoms with Gasteiger partial charge in [0.2, 0.25) is 0 Å². The van der Waals surface area contributed by atoms with Crippen LogP contribution in [0.3, 0.4) is 0 Å². The number of rotatable bonds is 5. The molecule has 1 aromatic rings. The van der Waals surface area contributed by atoms with Crippen LogP contribution in [0.15, 0.2) is 12.3 Å². The van der Waals surface area contributed by atoms with Gasteiger partial charge in [-0.2, -0.15) is 13.9 Å². The number of hydrogen-bond acceptors (Lipinski definition) is 2. The fourth-order valence-electron chi connectivity index (χ4n) is 1.03. The van der Waals surface area contributed by atoms with E-state index in [-0.39, 0.29) is 12.4 Å². The van der Waals surface area contributed by atoms with Crippen LogP contribution in [0.5, 0.6) is 0 Å². The van der Waals surface area contributed by atoms with E-state index in [1.54, 1.807) is 6.07 Å². The molecular weight excluding hydrogens is 224 g/mol. The van der Waals surface area contributed by atoms with Gasteiger partial charge in [-0.05, 0) is 12.3 Å². The smallest absolute Gasteiger partial charge is 0.333 e. The van der Waals surface area contributed by atoms with Gasteiger partial charge in [0.25, 0.3) is 0 Å². The van der Waals surface area contributed by atoms with Crippen LogP contribution in [-0.2, 0) is 0 Å².